The first-order chi connectivity index (χ1) is 13.1. The number of anilines is 1. The molecule has 0 aromatic heterocycles. The van der Waals surface area contributed by atoms with Gasteiger partial charge in [0.2, 0.25) is 10.0 Å². The summed E-state index contributed by atoms with van der Waals surface area (Å²) in [5.41, 5.74) is 1.46. The number of nitrogens with one attached hydrogen (secondary N) is 3. The van der Waals surface area contributed by atoms with Gasteiger partial charge in [0, 0.05) is 17.3 Å². The van der Waals surface area contributed by atoms with Crippen molar-refractivity contribution in [1.29, 1.82) is 0 Å². The number of halogens is 1. The zero-order valence-corrected chi connectivity index (χ0v) is 17.3. The van der Waals surface area contributed by atoms with E-state index < -0.39 is 10.0 Å². The Morgan fingerprint density at radius 2 is 1.61 bits per heavy atom. The van der Waals surface area contributed by atoms with Gasteiger partial charge >= 0.3 is 0 Å². The second-order valence-corrected chi connectivity index (χ2v) is 8.87. The van der Waals surface area contributed by atoms with E-state index in [1.54, 1.807) is 45.0 Å². The number of hydrogen-bond donors (Lipinski definition) is 3. The predicted molar refractivity (Wildman–Crippen MR) is 107 cm³/mol. The zero-order chi connectivity index (χ0) is 20.9. The van der Waals surface area contributed by atoms with Gasteiger partial charge in [-0.05, 0) is 57.2 Å². The summed E-state index contributed by atoms with van der Waals surface area (Å²) in [4.78, 5) is 13.6. The van der Waals surface area contributed by atoms with Gasteiger partial charge in [0.05, 0.1) is 11.9 Å². The van der Waals surface area contributed by atoms with E-state index in [0.717, 1.165) is 10.5 Å². The van der Waals surface area contributed by atoms with Crippen LogP contribution < -0.4 is 14.9 Å². The summed E-state index contributed by atoms with van der Waals surface area (Å²) < 4.78 is 39.8. The van der Waals surface area contributed by atoms with Gasteiger partial charge in [0.1, 0.15) is 12.4 Å². The Hall–Kier alpha value is -2.29. The number of hydrogen-bond acceptors (Lipinski definition) is 3. The second-order valence-electron chi connectivity index (χ2n) is 7.16. The van der Waals surface area contributed by atoms with Gasteiger partial charge in [-0.1, -0.05) is 12.1 Å². The van der Waals surface area contributed by atoms with Gasteiger partial charge in [-0.25, -0.2) is 17.5 Å². The van der Waals surface area contributed by atoms with Crippen LogP contribution in [0.15, 0.2) is 53.4 Å². The third kappa shape index (κ3) is 6.12. The number of quaternary nitrogens is 1. The van der Waals surface area contributed by atoms with E-state index in [4.69, 9.17) is 0 Å². The fraction of sp³-hybridized carbons (Fsp3) is 0.350. The van der Waals surface area contributed by atoms with Crippen LogP contribution in [0.25, 0.3) is 0 Å². The average Bonchev–Trinajstić information content (AvgIpc) is 2.62. The van der Waals surface area contributed by atoms with Crippen molar-refractivity contribution in [3.05, 3.63) is 59.9 Å². The molecule has 0 spiro atoms. The molecule has 0 bridgehead atoms. The van der Waals surface area contributed by atoms with E-state index >= 15 is 0 Å². The van der Waals surface area contributed by atoms with Gasteiger partial charge < -0.3 is 10.2 Å². The summed E-state index contributed by atoms with van der Waals surface area (Å²) in [6.07, 6.45) is 0. The first-order valence-electron chi connectivity index (χ1n) is 9.08. The van der Waals surface area contributed by atoms with Crippen molar-refractivity contribution in [1.82, 2.24) is 4.72 Å². The quantitative estimate of drug-likeness (QED) is 0.620. The summed E-state index contributed by atoms with van der Waals surface area (Å²) in [6.45, 7) is 5.88. The molecule has 0 fully saturated rings. The van der Waals surface area contributed by atoms with Crippen LogP contribution in [0.5, 0.6) is 0 Å². The fourth-order valence-electron chi connectivity index (χ4n) is 2.65. The standard InChI is InChI=1S/C20H26FN3O3S/c1-14(2)23-28(26,27)19-11-9-18(10-12-19)22-20(25)15(3)24(4)13-16-5-7-17(21)8-6-16/h5-12,14-15,23H,13H2,1-4H3,(H,22,25)/p+1/t15-/m0/s1. The molecule has 0 aliphatic carbocycles. The number of sulfonamides is 1. The molecule has 6 nitrogen and oxygen atoms in total. The molecule has 0 heterocycles. The minimum atomic E-state index is -3.57. The van der Waals surface area contributed by atoms with Crippen molar-refractivity contribution in [2.24, 2.45) is 0 Å². The summed E-state index contributed by atoms with van der Waals surface area (Å²) >= 11 is 0. The number of likely N-dealkylation sites (N-methyl/N-ethyl adjacent to an activating group) is 1. The van der Waals surface area contributed by atoms with Gasteiger partial charge in [0.25, 0.3) is 5.91 Å². The van der Waals surface area contributed by atoms with Gasteiger partial charge in [0.15, 0.2) is 6.04 Å². The first kappa shape index (κ1) is 22.0. The van der Waals surface area contributed by atoms with Crippen LogP contribution in [0.4, 0.5) is 10.1 Å². The lowest BCUT2D eigenvalue weighted by Gasteiger charge is -2.21. The zero-order valence-electron chi connectivity index (χ0n) is 16.5. The summed E-state index contributed by atoms with van der Waals surface area (Å²) in [5.74, 6) is -0.475. The van der Waals surface area contributed by atoms with Crippen molar-refractivity contribution in [3.8, 4) is 0 Å². The molecular formula is C20H27FN3O3S+. The molecule has 1 unspecified atom stereocenters. The molecule has 3 N–H and O–H groups in total. The maximum Gasteiger partial charge on any atom is 0.282 e. The van der Waals surface area contributed by atoms with Crippen molar-refractivity contribution < 1.29 is 22.5 Å². The molecule has 0 saturated carbocycles. The summed E-state index contributed by atoms with van der Waals surface area (Å²) in [7, 11) is -1.68. The van der Waals surface area contributed by atoms with Crippen LogP contribution in [-0.2, 0) is 21.4 Å². The van der Waals surface area contributed by atoms with E-state index in [1.165, 1.54) is 24.3 Å². The highest BCUT2D eigenvalue weighted by atomic mass is 32.2. The van der Waals surface area contributed by atoms with E-state index in [-0.39, 0.29) is 28.7 Å². The second kappa shape index (κ2) is 9.27. The molecule has 2 aromatic rings. The maximum atomic E-state index is 13.0. The highest BCUT2D eigenvalue weighted by molar-refractivity contribution is 7.89. The molecule has 28 heavy (non-hydrogen) atoms. The molecule has 152 valence electrons. The van der Waals surface area contributed by atoms with E-state index in [2.05, 4.69) is 10.0 Å². The van der Waals surface area contributed by atoms with Crippen LogP contribution in [0, 0.1) is 5.82 Å². The van der Waals surface area contributed by atoms with E-state index in [0.29, 0.717) is 12.2 Å². The van der Waals surface area contributed by atoms with Gasteiger partial charge in [-0.2, -0.15) is 0 Å². The lowest BCUT2D eigenvalue weighted by atomic mass is 10.2. The fourth-order valence-corrected chi connectivity index (χ4v) is 3.90. The number of rotatable bonds is 8. The predicted octanol–water partition coefficient (Wildman–Crippen LogP) is 1.55. The lowest BCUT2D eigenvalue weighted by Crippen LogP contribution is -3.12. The van der Waals surface area contributed by atoms with Crippen molar-refractivity contribution in [3.63, 3.8) is 0 Å². The first-order valence-corrected chi connectivity index (χ1v) is 10.6. The number of amides is 1. The Morgan fingerprint density at radius 3 is 2.14 bits per heavy atom. The van der Waals surface area contributed by atoms with Crippen LogP contribution in [0.2, 0.25) is 0 Å². The van der Waals surface area contributed by atoms with Crippen LogP contribution in [-0.4, -0.2) is 33.5 Å². The average molecular weight is 409 g/mol. The van der Waals surface area contributed by atoms with Gasteiger partial charge in [-0.15, -0.1) is 0 Å². The highest BCUT2D eigenvalue weighted by Crippen LogP contribution is 2.14. The molecule has 0 aliphatic heterocycles. The molecule has 1 amide bonds. The molecule has 8 heteroatoms. The molecule has 0 aliphatic rings. The molecule has 2 aromatic carbocycles. The Kier molecular flexibility index (Phi) is 7.29. The minimum Gasteiger partial charge on any atom is -0.324 e. The minimum absolute atomic E-state index is 0.145. The maximum absolute atomic E-state index is 13.0. The third-order valence-corrected chi connectivity index (χ3v) is 6.03. The van der Waals surface area contributed by atoms with Gasteiger partial charge in [-0.3, -0.25) is 4.79 Å². The Balaban J connectivity index is 1.98. The Morgan fingerprint density at radius 1 is 1.04 bits per heavy atom. The number of carbonyl (C=O) groups excluding carboxylic acids is 1. The lowest BCUT2D eigenvalue weighted by molar-refractivity contribution is -0.907. The Bertz CT molecular complexity index is 897. The van der Waals surface area contributed by atoms with Crippen LogP contribution in [0.1, 0.15) is 26.3 Å². The number of carbonyl (C=O) groups is 1. The molecule has 0 saturated heterocycles. The SMILES string of the molecule is CC(C)NS(=O)(=O)c1ccc(NC(=O)[C@H](C)[NH+](C)Cc2ccc(F)cc2)cc1. The summed E-state index contributed by atoms with van der Waals surface area (Å²) in [6, 6.07) is 11.7. The Labute approximate surface area is 165 Å². The van der Waals surface area contributed by atoms with Crippen LogP contribution >= 0.6 is 0 Å². The molecule has 0 radical (unpaired) electrons. The monoisotopic (exact) mass is 408 g/mol. The van der Waals surface area contributed by atoms with Crippen molar-refractivity contribution >= 4 is 21.6 Å². The van der Waals surface area contributed by atoms with Crippen LogP contribution in [0.3, 0.4) is 0 Å². The van der Waals surface area contributed by atoms with E-state index in [1.807, 2.05) is 7.05 Å². The third-order valence-electron chi connectivity index (χ3n) is 4.35. The topological polar surface area (TPSA) is 79.7 Å². The molecule has 2 atom stereocenters. The smallest absolute Gasteiger partial charge is 0.282 e. The molecule has 2 rings (SSSR count). The highest BCUT2D eigenvalue weighted by Gasteiger charge is 2.22. The normalized spacial score (nSPS) is 13.9. The van der Waals surface area contributed by atoms with Crippen molar-refractivity contribution in [2.45, 2.75) is 44.3 Å². The molecular weight excluding hydrogens is 381 g/mol. The number of benzene rings is 2. The van der Waals surface area contributed by atoms with E-state index in [9.17, 15) is 17.6 Å². The van der Waals surface area contributed by atoms with Crippen molar-refractivity contribution in [2.75, 3.05) is 12.4 Å². The summed E-state index contributed by atoms with van der Waals surface area (Å²) in [5, 5.41) is 2.80. The largest absolute Gasteiger partial charge is 0.324 e.